The van der Waals surface area contributed by atoms with Crippen molar-refractivity contribution < 1.29 is 4.79 Å². The summed E-state index contributed by atoms with van der Waals surface area (Å²) in [5.41, 5.74) is 0.533. The average molecular weight is 313 g/mol. The fourth-order valence-electron chi connectivity index (χ4n) is 1.84. The maximum Gasteiger partial charge on any atom is 0.255 e. The molecule has 0 unspecified atom stereocenters. The molecule has 7 heteroatoms. The summed E-state index contributed by atoms with van der Waals surface area (Å²) in [5, 5.41) is 3.71. The van der Waals surface area contributed by atoms with Crippen LogP contribution in [0, 0.1) is 0 Å². The van der Waals surface area contributed by atoms with Crippen LogP contribution >= 0.6 is 36.4 Å². The molecule has 0 saturated carbocycles. The number of pyridine rings is 1. The smallest absolute Gasteiger partial charge is 0.255 e. The lowest BCUT2D eigenvalue weighted by Gasteiger charge is -2.32. The molecular formula is C11H16Cl3N3O. The largest absolute Gasteiger partial charge is 0.336 e. The Balaban J connectivity index is 0.00000144. The third-order valence-electron chi connectivity index (χ3n) is 2.66. The lowest BCUT2D eigenvalue weighted by atomic mass is 10.2. The molecule has 102 valence electrons. The minimum absolute atomic E-state index is 0. The Morgan fingerprint density at radius 1 is 1.56 bits per heavy atom. The van der Waals surface area contributed by atoms with E-state index in [9.17, 15) is 4.79 Å². The molecule has 1 atom stereocenters. The molecule has 1 aliphatic heterocycles. The van der Waals surface area contributed by atoms with E-state index in [-0.39, 0.29) is 30.7 Å². The molecule has 0 bridgehead atoms. The van der Waals surface area contributed by atoms with Gasteiger partial charge in [-0.3, -0.25) is 9.78 Å². The number of piperazine rings is 1. The Morgan fingerprint density at radius 2 is 2.28 bits per heavy atom. The molecule has 0 aliphatic carbocycles. The van der Waals surface area contributed by atoms with Crippen LogP contribution in [0.15, 0.2) is 18.5 Å². The maximum atomic E-state index is 12.2. The van der Waals surface area contributed by atoms with Crippen molar-refractivity contribution in [2.75, 3.05) is 19.6 Å². The van der Waals surface area contributed by atoms with Crippen LogP contribution in [0.4, 0.5) is 0 Å². The van der Waals surface area contributed by atoms with E-state index in [0.717, 1.165) is 19.6 Å². The Bertz CT molecular complexity index is 403. The molecule has 2 heterocycles. The number of aromatic nitrogens is 1. The van der Waals surface area contributed by atoms with E-state index in [1.54, 1.807) is 12.3 Å². The van der Waals surface area contributed by atoms with Gasteiger partial charge < -0.3 is 10.2 Å². The molecule has 2 rings (SSSR count). The number of rotatable bonds is 1. The first kappa shape index (κ1) is 17.4. The molecule has 1 aromatic heterocycles. The van der Waals surface area contributed by atoms with Crippen molar-refractivity contribution in [3.05, 3.63) is 29.0 Å². The van der Waals surface area contributed by atoms with E-state index < -0.39 is 0 Å². The zero-order valence-corrected chi connectivity index (χ0v) is 12.3. The molecule has 0 radical (unpaired) electrons. The van der Waals surface area contributed by atoms with Crippen LogP contribution in [-0.2, 0) is 0 Å². The average Bonchev–Trinajstić information content (AvgIpc) is 2.29. The van der Waals surface area contributed by atoms with Crippen LogP contribution in [0.5, 0.6) is 0 Å². The van der Waals surface area contributed by atoms with Gasteiger partial charge in [0.1, 0.15) is 0 Å². The van der Waals surface area contributed by atoms with Gasteiger partial charge in [-0.15, -0.1) is 24.8 Å². The van der Waals surface area contributed by atoms with Crippen molar-refractivity contribution in [2.45, 2.75) is 13.0 Å². The van der Waals surface area contributed by atoms with Gasteiger partial charge in [0.25, 0.3) is 5.91 Å². The van der Waals surface area contributed by atoms with Gasteiger partial charge in [-0.25, -0.2) is 0 Å². The highest BCUT2D eigenvalue weighted by atomic mass is 35.5. The van der Waals surface area contributed by atoms with Crippen LogP contribution in [0.3, 0.4) is 0 Å². The maximum absolute atomic E-state index is 12.2. The van der Waals surface area contributed by atoms with Crippen LogP contribution in [0.2, 0.25) is 5.02 Å². The van der Waals surface area contributed by atoms with Crippen molar-refractivity contribution >= 4 is 42.3 Å². The zero-order chi connectivity index (χ0) is 11.5. The van der Waals surface area contributed by atoms with Gasteiger partial charge in [-0.1, -0.05) is 11.6 Å². The first-order chi connectivity index (χ1) is 7.68. The minimum Gasteiger partial charge on any atom is -0.336 e. The number of hydrogen-bond acceptors (Lipinski definition) is 3. The Hall–Kier alpha value is -0.550. The Kier molecular flexibility index (Phi) is 7.55. The molecule has 1 aromatic rings. The van der Waals surface area contributed by atoms with Gasteiger partial charge in [-0.2, -0.15) is 0 Å². The van der Waals surface area contributed by atoms with Gasteiger partial charge in [0.05, 0.1) is 10.6 Å². The van der Waals surface area contributed by atoms with Crippen LogP contribution < -0.4 is 5.32 Å². The number of amides is 1. The second kappa shape index (κ2) is 7.79. The predicted molar refractivity (Wildman–Crippen MR) is 77.1 cm³/mol. The van der Waals surface area contributed by atoms with Gasteiger partial charge in [-0.05, 0) is 13.0 Å². The molecule has 18 heavy (non-hydrogen) atoms. The Morgan fingerprint density at radius 3 is 2.89 bits per heavy atom. The number of halogens is 3. The Labute approximate surface area is 124 Å². The minimum atomic E-state index is -0.0132. The number of carbonyl (C=O) groups is 1. The van der Waals surface area contributed by atoms with Crippen molar-refractivity contribution in [1.29, 1.82) is 0 Å². The highest BCUT2D eigenvalue weighted by molar-refractivity contribution is 6.33. The third kappa shape index (κ3) is 3.99. The number of hydrogen-bond donors (Lipinski definition) is 1. The quantitative estimate of drug-likeness (QED) is 0.863. The first-order valence-corrected chi connectivity index (χ1v) is 5.68. The van der Waals surface area contributed by atoms with Gasteiger partial charge >= 0.3 is 0 Å². The number of nitrogens with one attached hydrogen (secondary N) is 1. The molecule has 1 fully saturated rings. The van der Waals surface area contributed by atoms with E-state index in [2.05, 4.69) is 17.2 Å². The van der Waals surface area contributed by atoms with Crippen molar-refractivity contribution in [2.24, 2.45) is 0 Å². The zero-order valence-electron chi connectivity index (χ0n) is 9.93. The van der Waals surface area contributed by atoms with Gasteiger partial charge in [0.15, 0.2) is 0 Å². The van der Waals surface area contributed by atoms with Crippen LogP contribution in [0.1, 0.15) is 17.3 Å². The summed E-state index contributed by atoms with van der Waals surface area (Å²) >= 11 is 5.95. The lowest BCUT2D eigenvalue weighted by Crippen LogP contribution is -2.51. The van der Waals surface area contributed by atoms with E-state index >= 15 is 0 Å². The molecule has 1 N–H and O–H groups in total. The summed E-state index contributed by atoms with van der Waals surface area (Å²) in [5.74, 6) is -0.0132. The standard InChI is InChI=1S/C11H14ClN3O.2ClH/c1-8-7-15(5-4-14-8)11(16)9-2-3-13-6-10(9)12;;/h2-3,6,8,14H,4-5,7H2,1H3;2*1H/t8-;;/m1../s1. The predicted octanol–water partition coefficient (Wildman–Crippen LogP) is 2.01. The normalized spacial score (nSPS) is 18.6. The highest BCUT2D eigenvalue weighted by Gasteiger charge is 2.22. The van der Waals surface area contributed by atoms with Crippen molar-refractivity contribution in [3.63, 3.8) is 0 Å². The summed E-state index contributed by atoms with van der Waals surface area (Å²) in [6, 6.07) is 2.00. The molecule has 4 nitrogen and oxygen atoms in total. The summed E-state index contributed by atoms with van der Waals surface area (Å²) in [4.78, 5) is 17.8. The number of carbonyl (C=O) groups excluding carboxylic acids is 1. The topological polar surface area (TPSA) is 45.2 Å². The first-order valence-electron chi connectivity index (χ1n) is 5.30. The summed E-state index contributed by atoms with van der Waals surface area (Å²) in [6.45, 7) is 4.34. The molecular weight excluding hydrogens is 296 g/mol. The van der Waals surface area contributed by atoms with Crippen molar-refractivity contribution in [1.82, 2.24) is 15.2 Å². The third-order valence-corrected chi connectivity index (χ3v) is 2.96. The SMILES string of the molecule is C[C@@H]1CN(C(=O)c2ccncc2Cl)CCN1.Cl.Cl. The van der Waals surface area contributed by atoms with Crippen LogP contribution in [-0.4, -0.2) is 41.5 Å². The summed E-state index contributed by atoms with van der Waals surface area (Å²) in [7, 11) is 0. The second-order valence-corrected chi connectivity index (χ2v) is 4.37. The van der Waals surface area contributed by atoms with Gasteiger partial charge in [0.2, 0.25) is 0 Å². The molecule has 1 amide bonds. The molecule has 1 aliphatic rings. The van der Waals surface area contributed by atoms with E-state index in [4.69, 9.17) is 11.6 Å². The number of nitrogens with zero attached hydrogens (tertiary/aromatic N) is 2. The van der Waals surface area contributed by atoms with Crippen LogP contribution in [0.25, 0.3) is 0 Å². The monoisotopic (exact) mass is 311 g/mol. The van der Waals surface area contributed by atoms with Crippen molar-refractivity contribution in [3.8, 4) is 0 Å². The van der Waals surface area contributed by atoms with Gasteiger partial charge in [0, 0.05) is 38.1 Å². The summed E-state index contributed by atoms with van der Waals surface area (Å²) in [6.07, 6.45) is 3.09. The van der Waals surface area contributed by atoms with E-state index in [1.165, 1.54) is 6.20 Å². The van der Waals surface area contributed by atoms with E-state index in [0.29, 0.717) is 16.6 Å². The lowest BCUT2D eigenvalue weighted by molar-refractivity contribution is 0.0709. The molecule has 1 saturated heterocycles. The molecule has 0 aromatic carbocycles. The summed E-state index contributed by atoms with van der Waals surface area (Å²) < 4.78 is 0. The fraction of sp³-hybridized carbons (Fsp3) is 0.455. The molecule has 0 spiro atoms. The second-order valence-electron chi connectivity index (χ2n) is 3.96. The fourth-order valence-corrected chi connectivity index (χ4v) is 2.04. The highest BCUT2D eigenvalue weighted by Crippen LogP contribution is 2.16. The van der Waals surface area contributed by atoms with E-state index in [1.807, 2.05) is 4.90 Å².